The van der Waals surface area contributed by atoms with Crippen LogP contribution in [0.15, 0.2) is 12.4 Å². The van der Waals surface area contributed by atoms with Crippen molar-refractivity contribution in [3.63, 3.8) is 0 Å². The number of halogens is 1. The Kier molecular flexibility index (Phi) is 16.1. The van der Waals surface area contributed by atoms with Gasteiger partial charge in [0.05, 0.1) is 17.9 Å². The highest BCUT2D eigenvalue weighted by molar-refractivity contribution is 5.85. The minimum Gasteiger partial charge on any atom is -0.369 e. The number of hydrogen-bond acceptors (Lipinski definition) is 5. The van der Waals surface area contributed by atoms with E-state index in [1.807, 2.05) is 17.1 Å². The fourth-order valence-electron chi connectivity index (χ4n) is 3.85. The first-order valence-electron chi connectivity index (χ1n) is 12.6. The van der Waals surface area contributed by atoms with E-state index in [-0.39, 0.29) is 18.3 Å². The number of nitrogens with two attached hydrogens (primary N) is 1. The van der Waals surface area contributed by atoms with E-state index in [2.05, 4.69) is 32.5 Å². The number of nitrogens with zero attached hydrogens (tertiary/aromatic N) is 4. The van der Waals surface area contributed by atoms with E-state index in [1.54, 1.807) is 0 Å². The Morgan fingerprint density at radius 1 is 0.970 bits per heavy atom. The minimum absolute atomic E-state index is 0. The number of aromatic nitrogens is 5. The molecule has 2 aromatic heterocycles. The van der Waals surface area contributed by atoms with Crippen molar-refractivity contribution in [1.82, 2.24) is 30.3 Å². The van der Waals surface area contributed by atoms with Crippen molar-refractivity contribution in [2.24, 2.45) is 0 Å². The third kappa shape index (κ3) is 13.9. The molecular formula is C24H44ClN7O. The zero-order valence-corrected chi connectivity index (χ0v) is 21.2. The van der Waals surface area contributed by atoms with Crippen molar-refractivity contribution < 1.29 is 4.79 Å². The standard InChI is InChI=1S/C24H43N7O.ClH/c1-2-3-4-5-6-7-8-9-13-16-23(32)26-17-18-31-20-22(29-30-31)15-12-10-11-14-21-19-27-24(25)28-21;/h19-20H,2-18H2,1H3,(H,26,32)(H3,25,27,28);1H. The quantitative estimate of drug-likeness (QED) is 0.244. The number of nitrogen functional groups attached to an aromatic ring is 1. The summed E-state index contributed by atoms with van der Waals surface area (Å²) in [5, 5.41) is 11.4. The summed E-state index contributed by atoms with van der Waals surface area (Å²) < 4.78 is 1.82. The number of aromatic amines is 1. The third-order valence-corrected chi connectivity index (χ3v) is 5.77. The van der Waals surface area contributed by atoms with Gasteiger partial charge in [0.25, 0.3) is 0 Å². The number of carbonyl (C=O) groups excluding carboxylic acids is 1. The Morgan fingerprint density at radius 3 is 2.27 bits per heavy atom. The van der Waals surface area contributed by atoms with Gasteiger partial charge in [-0.1, -0.05) is 69.9 Å². The highest BCUT2D eigenvalue weighted by atomic mass is 35.5. The molecule has 0 fully saturated rings. The maximum atomic E-state index is 12.0. The van der Waals surface area contributed by atoms with Gasteiger partial charge in [-0.15, -0.1) is 17.5 Å². The molecule has 0 aliphatic carbocycles. The predicted molar refractivity (Wildman–Crippen MR) is 136 cm³/mol. The average Bonchev–Trinajstić information content (AvgIpc) is 3.41. The van der Waals surface area contributed by atoms with Gasteiger partial charge >= 0.3 is 0 Å². The van der Waals surface area contributed by atoms with E-state index in [4.69, 9.17) is 5.73 Å². The summed E-state index contributed by atoms with van der Waals surface area (Å²) in [4.78, 5) is 19.1. The number of nitrogens with one attached hydrogen (secondary N) is 2. The molecule has 0 unspecified atom stereocenters. The molecule has 2 heterocycles. The molecule has 8 nitrogen and oxygen atoms in total. The SMILES string of the molecule is CCCCCCCCCCCC(=O)NCCn1cc(CCCCCc2c[nH]c(N)n2)nn1.Cl. The van der Waals surface area contributed by atoms with Gasteiger partial charge in [-0.05, 0) is 32.1 Å². The zero-order valence-electron chi connectivity index (χ0n) is 20.4. The number of carbonyl (C=O) groups is 1. The van der Waals surface area contributed by atoms with Crippen molar-refractivity contribution in [3.8, 4) is 0 Å². The zero-order chi connectivity index (χ0) is 22.9. The van der Waals surface area contributed by atoms with E-state index in [9.17, 15) is 4.79 Å². The van der Waals surface area contributed by atoms with Crippen LogP contribution < -0.4 is 11.1 Å². The lowest BCUT2D eigenvalue weighted by Crippen LogP contribution is -2.27. The summed E-state index contributed by atoms with van der Waals surface area (Å²) in [6.07, 6.45) is 21.1. The maximum Gasteiger partial charge on any atom is 0.220 e. The van der Waals surface area contributed by atoms with Gasteiger partial charge in [-0.2, -0.15) is 0 Å². The monoisotopic (exact) mass is 481 g/mol. The van der Waals surface area contributed by atoms with E-state index in [1.165, 1.54) is 44.9 Å². The smallest absolute Gasteiger partial charge is 0.220 e. The third-order valence-electron chi connectivity index (χ3n) is 5.77. The number of hydrogen-bond donors (Lipinski definition) is 3. The largest absolute Gasteiger partial charge is 0.369 e. The lowest BCUT2D eigenvalue weighted by Gasteiger charge is -2.05. The first kappa shape index (κ1) is 28.9. The van der Waals surface area contributed by atoms with Crippen molar-refractivity contribution in [2.75, 3.05) is 12.3 Å². The number of aryl methyl sites for hydroxylation is 2. The normalized spacial score (nSPS) is 10.8. The first-order chi connectivity index (χ1) is 15.7. The Morgan fingerprint density at radius 2 is 1.61 bits per heavy atom. The van der Waals surface area contributed by atoms with Gasteiger partial charge < -0.3 is 16.0 Å². The molecule has 0 saturated heterocycles. The summed E-state index contributed by atoms with van der Waals surface area (Å²) in [5.41, 5.74) is 7.61. The Hall–Kier alpha value is -2.09. The Balaban J connectivity index is 0.00000544. The molecule has 4 N–H and O–H groups in total. The molecule has 0 atom stereocenters. The van der Waals surface area contributed by atoms with Crippen molar-refractivity contribution in [3.05, 3.63) is 23.8 Å². The van der Waals surface area contributed by atoms with Gasteiger partial charge in [0.15, 0.2) is 5.95 Å². The molecule has 0 bridgehead atoms. The number of imidazole rings is 1. The fourth-order valence-corrected chi connectivity index (χ4v) is 3.85. The van der Waals surface area contributed by atoms with Crippen LogP contribution in [0, 0.1) is 0 Å². The summed E-state index contributed by atoms with van der Waals surface area (Å²) >= 11 is 0. The van der Waals surface area contributed by atoms with E-state index >= 15 is 0 Å². The molecule has 9 heteroatoms. The second-order valence-corrected chi connectivity index (χ2v) is 8.74. The van der Waals surface area contributed by atoms with Gasteiger partial charge in [0.2, 0.25) is 5.91 Å². The molecule has 33 heavy (non-hydrogen) atoms. The lowest BCUT2D eigenvalue weighted by atomic mass is 10.1. The molecule has 0 spiro atoms. The summed E-state index contributed by atoms with van der Waals surface area (Å²) in [6.45, 7) is 3.52. The average molecular weight is 482 g/mol. The van der Waals surface area contributed by atoms with Crippen LogP contribution in [0.25, 0.3) is 0 Å². The molecular weight excluding hydrogens is 438 g/mol. The number of rotatable bonds is 19. The highest BCUT2D eigenvalue weighted by Crippen LogP contribution is 2.11. The molecule has 0 aromatic carbocycles. The number of H-pyrrole nitrogens is 1. The first-order valence-corrected chi connectivity index (χ1v) is 12.6. The Bertz CT molecular complexity index is 747. The molecule has 188 valence electrons. The number of anilines is 1. The van der Waals surface area contributed by atoms with Crippen LogP contribution >= 0.6 is 12.4 Å². The van der Waals surface area contributed by atoms with Crippen LogP contribution in [0.1, 0.15) is 102 Å². The van der Waals surface area contributed by atoms with Crippen LogP contribution in [0.5, 0.6) is 0 Å². The van der Waals surface area contributed by atoms with Crippen molar-refractivity contribution in [1.29, 1.82) is 0 Å². The molecule has 2 rings (SSSR count). The summed E-state index contributed by atoms with van der Waals surface area (Å²) in [5.74, 6) is 0.628. The highest BCUT2D eigenvalue weighted by Gasteiger charge is 2.04. The van der Waals surface area contributed by atoms with E-state index in [0.29, 0.717) is 25.5 Å². The maximum absolute atomic E-state index is 12.0. The number of unbranched alkanes of at least 4 members (excludes halogenated alkanes) is 10. The van der Waals surface area contributed by atoms with Gasteiger partial charge in [-0.25, -0.2) is 4.98 Å². The van der Waals surface area contributed by atoms with Gasteiger partial charge in [0.1, 0.15) is 0 Å². The second kappa shape index (κ2) is 18.3. The topological polar surface area (TPSA) is 115 Å². The molecule has 0 aliphatic heterocycles. The fraction of sp³-hybridized carbons (Fsp3) is 0.750. The van der Waals surface area contributed by atoms with Crippen molar-refractivity contribution in [2.45, 2.75) is 110 Å². The van der Waals surface area contributed by atoms with Crippen LogP contribution in [0.2, 0.25) is 0 Å². The van der Waals surface area contributed by atoms with E-state index in [0.717, 1.165) is 56.3 Å². The predicted octanol–water partition coefficient (Wildman–Crippen LogP) is 5.00. The molecule has 2 aromatic rings. The Labute approximate surface area is 205 Å². The minimum atomic E-state index is 0. The van der Waals surface area contributed by atoms with Crippen LogP contribution in [-0.2, 0) is 24.2 Å². The molecule has 0 aliphatic rings. The van der Waals surface area contributed by atoms with Crippen LogP contribution in [-0.4, -0.2) is 37.4 Å². The summed E-state index contributed by atoms with van der Waals surface area (Å²) in [7, 11) is 0. The van der Waals surface area contributed by atoms with E-state index < -0.39 is 0 Å². The second-order valence-electron chi connectivity index (χ2n) is 8.74. The molecule has 1 amide bonds. The summed E-state index contributed by atoms with van der Waals surface area (Å²) in [6, 6.07) is 0. The van der Waals surface area contributed by atoms with Gasteiger partial charge in [-0.3, -0.25) is 9.48 Å². The number of amides is 1. The van der Waals surface area contributed by atoms with Crippen molar-refractivity contribution >= 4 is 24.3 Å². The van der Waals surface area contributed by atoms with Crippen LogP contribution in [0.3, 0.4) is 0 Å². The van der Waals surface area contributed by atoms with Crippen LogP contribution in [0.4, 0.5) is 5.95 Å². The molecule has 0 saturated carbocycles. The lowest BCUT2D eigenvalue weighted by molar-refractivity contribution is -0.121. The van der Waals surface area contributed by atoms with Gasteiger partial charge in [0, 0.05) is 25.4 Å². The molecule has 0 radical (unpaired) electrons.